The van der Waals surface area contributed by atoms with Crippen LogP contribution in [-0.2, 0) is 15.6 Å². The van der Waals surface area contributed by atoms with E-state index in [0.717, 1.165) is 0 Å². The number of nitrogens with two attached hydrogens (primary N) is 1. The number of rotatable bonds is 5. The van der Waals surface area contributed by atoms with Crippen LogP contribution in [0.2, 0.25) is 0 Å². The molecule has 0 spiro atoms. The van der Waals surface area contributed by atoms with E-state index < -0.39 is 10.8 Å². The molecular weight excluding hydrogens is 278 g/mol. The molecule has 2 rings (SSSR count). The van der Waals surface area contributed by atoms with Crippen molar-refractivity contribution >= 4 is 33.5 Å². The highest BCUT2D eigenvalue weighted by Gasteiger charge is 2.14. The molecular formula is C13H17N3O3S. The largest absolute Gasteiger partial charge is 0.430 e. The summed E-state index contributed by atoms with van der Waals surface area (Å²) in [5, 5.41) is 0.183. The SMILES string of the molecule is CN(C)C(=O)CCCS(=O)c1nc2cc(N)ccc2o1. The Kier molecular flexibility index (Phi) is 4.39. The average molecular weight is 295 g/mol. The lowest BCUT2D eigenvalue weighted by molar-refractivity contribution is -0.128. The third kappa shape index (κ3) is 3.36. The molecule has 1 unspecified atom stereocenters. The van der Waals surface area contributed by atoms with Crippen LogP contribution in [0.4, 0.5) is 5.69 Å². The summed E-state index contributed by atoms with van der Waals surface area (Å²) in [7, 11) is 2.06. The molecule has 0 saturated carbocycles. The van der Waals surface area contributed by atoms with Crippen LogP contribution in [0, 0.1) is 0 Å². The number of anilines is 1. The molecule has 7 heteroatoms. The lowest BCUT2D eigenvalue weighted by Crippen LogP contribution is -2.21. The molecule has 2 aromatic rings. The first-order valence-corrected chi connectivity index (χ1v) is 7.54. The molecule has 20 heavy (non-hydrogen) atoms. The third-order valence-corrected chi connectivity index (χ3v) is 4.03. The van der Waals surface area contributed by atoms with Gasteiger partial charge in [0.15, 0.2) is 5.58 Å². The van der Waals surface area contributed by atoms with E-state index in [2.05, 4.69) is 4.98 Å². The van der Waals surface area contributed by atoms with Crippen LogP contribution in [-0.4, -0.2) is 39.8 Å². The number of nitrogens with zero attached hydrogens (tertiary/aromatic N) is 2. The monoisotopic (exact) mass is 295 g/mol. The fraction of sp³-hybridized carbons (Fsp3) is 0.385. The van der Waals surface area contributed by atoms with Crippen molar-refractivity contribution in [3.63, 3.8) is 0 Å². The summed E-state index contributed by atoms with van der Waals surface area (Å²) in [4.78, 5) is 17.1. The van der Waals surface area contributed by atoms with Crippen molar-refractivity contribution < 1.29 is 13.4 Å². The first-order valence-electron chi connectivity index (χ1n) is 6.22. The molecule has 108 valence electrons. The number of benzene rings is 1. The van der Waals surface area contributed by atoms with Crippen LogP contribution in [0.1, 0.15) is 12.8 Å². The van der Waals surface area contributed by atoms with Crippen LogP contribution in [0.3, 0.4) is 0 Å². The second-order valence-corrected chi connectivity index (χ2v) is 6.10. The van der Waals surface area contributed by atoms with Gasteiger partial charge in [0.05, 0.1) is 0 Å². The maximum absolute atomic E-state index is 12.0. The minimum atomic E-state index is -1.34. The van der Waals surface area contributed by atoms with E-state index in [9.17, 15) is 9.00 Å². The number of oxazole rings is 1. The molecule has 0 aliphatic rings. The minimum absolute atomic E-state index is 0.0207. The quantitative estimate of drug-likeness (QED) is 0.842. The molecule has 0 aliphatic carbocycles. The molecule has 1 atom stereocenters. The number of hydrogen-bond acceptors (Lipinski definition) is 5. The highest BCUT2D eigenvalue weighted by atomic mass is 32.2. The molecule has 0 bridgehead atoms. The lowest BCUT2D eigenvalue weighted by atomic mass is 10.3. The number of fused-ring (bicyclic) bond motifs is 1. The van der Waals surface area contributed by atoms with Gasteiger partial charge >= 0.3 is 0 Å². The molecule has 2 N–H and O–H groups in total. The molecule has 0 fully saturated rings. The average Bonchev–Trinajstić information content (AvgIpc) is 2.81. The van der Waals surface area contributed by atoms with E-state index in [0.29, 0.717) is 35.4 Å². The Labute approximate surface area is 119 Å². The highest BCUT2D eigenvalue weighted by Crippen LogP contribution is 2.20. The van der Waals surface area contributed by atoms with Crippen molar-refractivity contribution in [2.75, 3.05) is 25.6 Å². The van der Waals surface area contributed by atoms with Gasteiger partial charge in [-0.2, -0.15) is 0 Å². The number of carbonyl (C=O) groups is 1. The smallest absolute Gasteiger partial charge is 0.287 e. The number of aromatic nitrogens is 1. The van der Waals surface area contributed by atoms with Gasteiger partial charge in [0, 0.05) is 32.0 Å². The summed E-state index contributed by atoms with van der Waals surface area (Å²) in [5.41, 5.74) is 7.39. The second-order valence-electron chi connectivity index (χ2n) is 4.65. The van der Waals surface area contributed by atoms with Gasteiger partial charge in [-0.3, -0.25) is 4.79 Å². The van der Waals surface area contributed by atoms with E-state index in [-0.39, 0.29) is 11.1 Å². The Morgan fingerprint density at radius 3 is 2.90 bits per heavy atom. The van der Waals surface area contributed by atoms with E-state index in [1.165, 1.54) is 4.90 Å². The van der Waals surface area contributed by atoms with Crippen LogP contribution >= 0.6 is 0 Å². The van der Waals surface area contributed by atoms with Gasteiger partial charge in [-0.05, 0) is 24.6 Å². The predicted molar refractivity (Wildman–Crippen MR) is 77.6 cm³/mol. The number of nitrogen functional groups attached to an aromatic ring is 1. The molecule has 0 aliphatic heterocycles. The van der Waals surface area contributed by atoms with Crippen LogP contribution < -0.4 is 5.73 Å². The van der Waals surface area contributed by atoms with Crippen molar-refractivity contribution in [2.24, 2.45) is 0 Å². The van der Waals surface area contributed by atoms with Crippen molar-refractivity contribution in [3.05, 3.63) is 18.2 Å². The highest BCUT2D eigenvalue weighted by molar-refractivity contribution is 7.84. The zero-order valence-corrected chi connectivity index (χ0v) is 12.3. The summed E-state index contributed by atoms with van der Waals surface area (Å²) in [6.45, 7) is 0. The van der Waals surface area contributed by atoms with E-state index in [4.69, 9.17) is 10.2 Å². The van der Waals surface area contributed by atoms with Gasteiger partial charge in [-0.15, -0.1) is 0 Å². The minimum Gasteiger partial charge on any atom is -0.430 e. The first kappa shape index (κ1) is 14.5. The number of carbonyl (C=O) groups excluding carboxylic acids is 1. The Morgan fingerprint density at radius 2 is 2.20 bits per heavy atom. The first-order chi connectivity index (χ1) is 9.47. The summed E-state index contributed by atoms with van der Waals surface area (Å²) >= 11 is 0. The molecule has 1 amide bonds. The molecule has 1 aromatic heterocycles. The van der Waals surface area contributed by atoms with E-state index in [1.807, 2.05) is 0 Å². The van der Waals surface area contributed by atoms with Crippen molar-refractivity contribution in [3.8, 4) is 0 Å². The summed E-state index contributed by atoms with van der Waals surface area (Å²) in [5.74, 6) is 0.370. The second kappa shape index (κ2) is 6.04. The molecule has 1 heterocycles. The maximum atomic E-state index is 12.0. The summed E-state index contributed by atoms with van der Waals surface area (Å²) in [6, 6.07) is 5.08. The number of hydrogen-bond donors (Lipinski definition) is 1. The Morgan fingerprint density at radius 1 is 1.45 bits per heavy atom. The molecule has 0 saturated heterocycles. The topological polar surface area (TPSA) is 89.4 Å². The third-order valence-electron chi connectivity index (χ3n) is 2.81. The van der Waals surface area contributed by atoms with Crippen molar-refractivity contribution in [2.45, 2.75) is 18.1 Å². The zero-order valence-electron chi connectivity index (χ0n) is 11.5. The zero-order chi connectivity index (χ0) is 14.7. The lowest BCUT2D eigenvalue weighted by Gasteiger charge is -2.08. The van der Waals surface area contributed by atoms with Crippen molar-refractivity contribution in [1.82, 2.24) is 9.88 Å². The van der Waals surface area contributed by atoms with E-state index in [1.54, 1.807) is 32.3 Å². The Balaban J connectivity index is 1.99. The predicted octanol–water partition coefficient (Wildman–Crippen LogP) is 1.39. The van der Waals surface area contributed by atoms with Gasteiger partial charge in [0.1, 0.15) is 16.3 Å². The van der Waals surface area contributed by atoms with Gasteiger partial charge in [0.25, 0.3) is 5.22 Å². The van der Waals surface area contributed by atoms with Crippen LogP contribution in [0.15, 0.2) is 27.8 Å². The number of amides is 1. The van der Waals surface area contributed by atoms with Crippen LogP contribution in [0.5, 0.6) is 0 Å². The maximum Gasteiger partial charge on any atom is 0.287 e. The van der Waals surface area contributed by atoms with Gasteiger partial charge in [0.2, 0.25) is 5.91 Å². The van der Waals surface area contributed by atoms with Gasteiger partial charge in [-0.1, -0.05) is 0 Å². The fourth-order valence-corrected chi connectivity index (χ4v) is 2.65. The van der Waals surface area contributed by atoms with Crippen molar-refractivity contribution in [1.29, 1.82) is 0 Å². The molecule has 6 nitrogen and oxygen atoms in total. The van der Waals surface area contributed by atoms with Crippen LogP contribution in [0.25, 0.3) is 11.1 Å². The summed E-state index contributed by atoms with van der Waals surface area (Å²) < 4.78 is 17.5. The molecule has 1 aromatic carbocycles. The van der Waals surface area contributed by atoms with E-state index >= 15 is 0 Å². The normalized spacial score (nSPS) is 12.5. The van der Waals surface area contributed by atoms with Gasteiger partial charge < -0.3 is 15.1 Å². The standard InChI is InChI=1S/C13H17N3O3S/c1-16(2)12(17)4-3-7-20(18)13-15-10-8-9(14)5-6-11(10)19-13/h5-6,8H,3-4,7,14H2,1-2H3. The van der Waals surface area contributed by atoms with Gasteiger partial charge in [-0.25, -0.2) is 9.19 Å². The summed E-state index contributed by atoms with van der Waals surface area (Å²) in [6.07, 6.45) is 0.899. The Hall–Kier alpha value is -1.89. The Bertz CT molecular complexity index is 651. The molecule has 0 radical (unpaired) electrons. The fourth-order valence-electron chi connectivity index (χ4n) is 1.69.